The Hall–Kier alpha value is -2.57. The van der Waals surface area contributed by atoms with Crippen LogP contribution in [-0.4, -0.2) is 27.8 Å². The Kier molecular flexibility index (Phi) is 6.06. The highest BCUT2D eigenvalue weighted by molar-refractivity contribution is 7.80. The maximum Gasteiger partial charge on any atom is 0.174 e. The lowest BCUT2D eigenvalue weighted by molar-refractivity contribution is 0.438. The van der Waals surface area contributed by atoms with Crippen molar-refractivity contribution in [2.24, 2.45) is 13.0 Å². The number of halogens is 1. The third-order valence-corrected chi connectivity index (χ3v) is 7.76. The van der Waals surface area contributed by atoms with E-state index in [4.69, 9.17) is 23.8 Å². The highest BCUT2D eigenvalue weighted by Crippen LogP contribution is 2.43. The zero-order valence-electron chi connectivity index (χ0n) is 19.3. The first-order chi connectivity index (χ1) is 15.9. The second-order valence-electron chi connectivity index (χ2n) is 9.26. The fourth-order valence-corrected chi connectivity index (χ4v) is 5.66. The molecule has 0 unspecified atom stereocenters. The van der Waals surface area contributed by atoms with Gasteiger partial charge in [0.2, 0.25) is 0 Å². The predicted octanol–water partition coefficient (Wildman–Crippen LogP) is 5.80. The zero-order chi connectivity index (χ0) is 23.1. The fourth-order valence-electron chi connectivity index (χ4n) is 5.02. The van der Waals surface area contributed by atoms with Crippen LogP contribution in [0.25, 0.3) is 0 Å². The predicted molar refractivity (Wildman–Crippen MR) is 140 cm³/mol. The summed E-state index contributed by atoms with van der Waals surface area (Å²) in [7, 11) is 2.10. The minimum Gasteiger partial charge on any atom is -0.370 e. The summed E-state index contributed by atoms with van der Waals surface area (Å²) in [6, 6.07) is 16.6. The number of hydrogen-bond acceptors (Lipinski definition) is 3. The van der Waals surface area contributed by atoms with Crippen molar-refractivity contribution in [2.75, 3.05) is 22.9 Å². The molecule has 2 aliphatic heterocycles. The van der Waals surface area contributed by atoms with Crippen molar-refractivity contribution in [3.63, 3.8) is 0 Å². The number of aryl methyl sites for hydroxylation is 1. The summed E-state index contributed by atoms with van der Waals surface area (Å²) in [5, 5.41) is 4.99. The number of rotatable bonds is 4. The van der Waals surface area contributed by atoms with E-state index in [0.717, 1.165) is 41.1 Å². The largest absolute Gasteiger partial charge is 0.370 e. The molecule has 172 valence electrons. The number of aromatic nitrogens is 2. The number of nitrogens with zero attached hydrogens (tertiary/aromatic N) is 4. The van der Waals surface area contributed by atoms with E-state index in [1.807, 2.05) is 18.3 Å². The van der Waals surface area contributed by atoms with Gasteiger partial charge in [-0.25, -0.2) is 0 Å². The molecule has 7 heteroatoms. The number of benzene rings is 1. The summed E-state index contributed by atoms with van der Waals surface area (Å²) >= 11 is 12.7. The summed E-state index contributed by atoms with van der Waals surface area (Å²) in [6.07, 6.45) is 4.25. The molecule has 2 atom stereocenters. The first-order valence-electron chi connectivity index (χ1n) is 11.6. The van der Waals surface area contributed by atoms with Crippen LogP contribution < -0.4 is 15.1 Å². The summed E-state index contributed by atoms with van der Waals surface area (Å²) in [5.74, 6) is 0.783. The molecule has 1 aromatic carbocycles. The smallest absolute Gasteiger partial charge is 0.174 e. The van der Waals surface area contributed by atoms with E-state index in [0.29, 0.717) is 5.11 Å². The minimum atomic E-state index is -0.0614. The van der Waals surface area contributed by atoms with Gasteiger partial charge < -0.3 is 19.7 Å². The molecular formula is C26H30ClN5S. The third-order valence-electron chi connectivity index (χ3n) is 7.15. The Morgan fingerprint density at radius 1 is 1.09 bits per heavy atom. The molecule has 3 aromatic rings. The lowest BCUT2D eigenvalue weighted by atomic mass is 9.98. The second kappa shape index (κ2) is 8.99. The average Bonchev–Trinajstić information content (AvgIpc) is 3.33. The lowest BCUT2D eigenvalue weighted by Gasteiger charge is -2.33. The maximum atomic E-state index is 6.86. The topological polar surface area (TPSA) is 36.3 Å². The van der Waals surface area contributed by atoms with Crippen LogP contribution in [0.15, 0.2) is 54.7 Å². The Morgan fingerprint density at radius 2 is 1.88 bits per heavy atom. The van der Waals surface area contributed by atoms with Gasteiger partial charge in [0.1, 0.15) is 6.04 Å². The van der Waals surface area contributed by atoms with E-state index >= 15 is 0 Å². The zero-order valence-corrected chi connectivity index (χ0v) is 20.9. The second-order valence-corrected chi connectivity index (χ2v) is 10.1. The van der Waals surface area contributed by atoms with Crippen LogP contribution in [0.3, 0.4) is 0 Å². The van der Waals surface area contributed by atoms with Crippen molar-refractivity contribution >= 4 is 40.3 Å². The molecule has 0 saturated carbocycles. The quantitative estimate of drug-likeness (QED) is 0.479. The van der Waals surface area contributed by atoms with Crippen LogP contribution >= 0.6 is 23.8 Å². The van der Waals surface area contributed by atoms with Gasteiger partial charge in [-0.2, -0.15) is 0 Å². The van der Waals surface area contributed by atoms with Gasteiger partial charge >= 0.3 is 0 Å². The van der Waals surface area contributed by atoms with Crippen LogP contribution in [0.1, 0.15) is 48.9 Å². The fraction of sp³-hybridized carbons (Fsp3) is 0.385. The molecule has 0 spiro atoms. The molecule has 2 fully saturated rings. The van der Waals surface area contributed by atoms with Crippen molar-refractivity contribution < 1.29 is 0 Å². The van der Waals surface area contributed by atoms with E-state index in [9.17, 15) is 0 Å². The van der Waals surface area contributed by atoms with Gasteiger partial charge in [0.05, 0.1) is 22.4 Å². The van der Waals surface area contributed by atoms with E-state index in [1.165, 1.54) is 24.2 Å². The van der Waals surface area contributed by atoms with Crippen molar-refractivity contribution in [1.82, 2.24) is 14.9 Å². The number of pyridine rings is 1. The molecule has 2 aromatic heterocycles. The number of anilines is 2. The number of hydrogen-bond donors (Lipinski definition) is 1. The third kappa shape index (κ3) is 4.11. The number of piperidine rings is 1. The Morgan fingerprint density at radius 3 is 2.52 bits per heavy atom. The van der Waals surface area contributed by atoms with Crippen molar-refractivity contribution in [2.45, 2.75) is 38.8 Å². The van der Waals surface area contributed by atoms with E-state index in [2.05, 4.69) is 82.0 Å². The summed E-state index contributed by atoms with van der Waals surface area (Å²) < 4.78 is 2.23. The average molecular weight is 480 g/mol. The summed E-state index contributed by atoms with van der Waals surface area (Å²) in [5.41, 5.74) is 5.46. The monoisotopic (exact) mass is 479 g/mol. The van der Waals surface area contributed by atoms with Crippen molar-refractivity contribution in [3.05, 3.63) is 76.8 Å². The molecular weight excluding hydrogens is 450 g/mol. The molecule has 0 amide bonds. The standard InChI is InChI=1S/C26H30ClN5S/c1-17-11-14-31(15-12-17)22-10-8-19(16-20(22)27)32-25(23-9-7-18(2)30(23)3)24(29-26(32)33)21-6-4-5-13-28-21/h4-10,13,16-17,24-25H,11-12,14-15H2,1-3H3,(H,29,33)/t24-,25+/m0/s1. The SMILES string of the molecule is Cc1ccc([C@@H]2[C@H](c3ccccn3)NC(=S)N2c2ccc(N3CCC(C)CC3)c(Cl)c2)n1C. The van der Waals surface area contributed by atoms with Crippen LogP contribution in [-0.2, 0) is 7.05 Å². The van der Waals surface area contributed by atoms with Gasteiger partial charge in [-0.05, 0) is 80.4 Å². The highest BCUT2D eigenvalue weighted by Gasteiger charge is 2.42. The Labute approximate surface area is 206 Å². The summed E-state index contributed by atoms with van der Waals surface area (Å²) in [6.45, 7) is 6.55. The van der Waals surface area contributed by atoms with Crippen molar-refractivity contribution in [3.8, 4) is 0 Å². The van der Waals surface area contributed by atoms with Crippen LogP contribution in [0.2, 0.25) is 5.02 Å². The molecule has 5 rings (SSSR count). The molecule has 5 nitrogen and oxygen atoms in total. The molecule has 2 saturated heterocycles. The van der Waals surface area contributed by atoms with Gasteiger partial charge in [0, 0.05) is 43.4 Å². The van der Waals surface area contributed by atoms with Crippen molar-refractivity contribution in [1.29, 1.82) is 0 Å². The molecule has 4 heterocycles. The van der Waals surface area contributed by atoms with E-state index < -0.39 is 0 Å². The first kappa shape index (κ1) is 22.2. The van der Waals surface area contributed by atoms with E-state index in [-0.39, 0.29) is 12.1 Å². The van der Waals surface area contributed by atoms with Gasteiger partial charge in [-0.15, -0.1) is 0 Å². The Balaban J connectivity index is 1.53. The molecule has 0 bridgehead atoms. The Bertz CT molecular complexity index is 1150. The number of thiocarbonyl (C=S) groups is 1. The van der Waals surface area contributed by atoms with E-state index in [1.54, 1.807) is 0 Å². The number of nitrogens with one attached hydrogen (secondary N) is 1. The van der Waals surface area contributed by atoms with Crippen LogP contribution in [0, 0.1) is 12.8 Å². The van der Waals surface area contributed by atoms with Gasteiger partial charge in [-0.1, -0.05) is 24.6 Å². The first-order valence-corrected chi connectivity index (χ1v) is 12.4. The van der Waals surface area contributed by atoms with Crippen LogP contribution in [0.4, 0.5) is 11.4 Å². The van der Waals surface area contributed by atoms with Gasteiger partial charge in [0.15, 0.2) is 5.11 Å². The minimum absolute atomic E-state index is 0.0381. The summed E-state index contributed by atoms with van der Waals surface area (Å²) in [4.78, 5) is 9.24. The molecule has 2 aliphatic rings. The maximum absolute atomic E-state index is 6.86. The van der Waals surface area contributed by atoms with Gasteiger partial charge in [-0.3, -0.25) is 4.98 Å². The molecule has 0 radical (unpaired) electrons. The lowest BCUT2D eigenvalue weighted by Crippen LogP contribution is -2.33. The molecule has 33 heavy (non-hydrogen) atoms. The van der Waals surface area contributed by atoms with Crippen LogP contribution in [0.5, 0.6) is 0 Å². The molecule has 1 N–H and O–H groups in total. The highest BCUT2D eigenvalue weighted by atomic mass is 35.5. The molecule has 0 aliphatic carbocycles. The normalized spacial score (nSPS) is 21.5. The van der Waals surface area contributed by atoms with Gasteiger partial charge in [0.25, 0.3) is 0 Å².